The smallest absolute Gasteiger partial charge is 0.298 e. The molecule has 0 bridgehead atoms. The molecule has 12 heavy (non-hydrogen) atoms. The van der Waals surface area contributed by atoms with Crippen molar-refractivity contribution in [3.8, 4) is 0 Å². The molecular weight excluding hydrogens is 171 g/mol. The van der Waals surface area contributed by atoms with Crippen LogP contribution in [0.25, 0.3) is 0 Å². The van der Waals surface area contributed by atoms with Crippen LogP contribution in [0.3, 0.4) is 0 Å². The van der Waals surface area contributed by atoms with Gasteiger partial charge in [0.25, 0.3) is 0 Å². The van der Waals surface area contributed by atoms with Gasteiger partial charge in [-0.3, -0.25) is 9.69 Å². The third-order valence-corrected chi connectivity index (χ3v) is 1.73. The Morgan fingerprint density at radius 2 is 2.08 bits per heavy atom. The fourth-order valence-corrected chi connectivity index (χ4v) is 1.30. The molecule has 0 spiro atoms. The van der Waals surface area contributed by atoms with Crippen molar-refractivity contribution >= 4 is 5.78 Å². The van der Waals surface area contributed by atoms with Crippen molar-refractivity contribution < 1.29 is 18.0 Å². The van der Waals surface area contributed by atoms with Crippen molar-refractivity contribution in [3.05, 3.63) is 0 Å². The fraction of sp³-hybridized carbons (Fsp3) is 0.857. The van der Waals surface area contributed by atoms with Crippen molar-refractivity contribution in [2.24, 2.45) is 0 Å². The lowest BCUT2D eigenvalue weighted by Gasteiger charge is -2.26. The molecule has 2 nitrogen and oxygen atoms in total. The lowest BCUT2D eigenvalue weighted by Crippen LogP contribution is -2.41. The Balaban J connectivity index is 2.37. The van der Waals surface area contributed by atoms with Gasteiger partial charge in [0.15, 0.2) is 0 Å². The molecule has 0 aromatic carbocycles. The number of rotatable bonds is 1. The van der Waals surface area contributed by atoms with E-state index in [9.17, 15) is 18.0 Å². The maximum absolute atomic E-state index is 11.8. The SMILES string of the molecule is O=C1CCCN(CC(F)(F)F)C1. The molecule has 0 atom stereocenters. The first kappa shape index (κ1) is 9.51. The van der Waals surface area contributed by atoms with Crippen LogP contribution >= 0.6 is 0 Å². The van der Waals surface area contributed by atoms with Crippen LogP contribution in [0.2, 0.25) is 0 Å². The summed E-state index contributed by atoms with van der Waals surface area (Å²) < 4.78 is 35.4. The highest BCUT2D eigenvalue weighted by molar-refractivity contribution is 5.81. The Morgan fingerprint density at radius 1 is 1.42 bits per heavy atom. The Labute approximate surface area is 68.3 Å². The van der Waals surface area contributed by atoms with Gasteiger partial charge < -0.3 is 0 Å². The first-order valence-electron chi connectivity index (χ1n) is 3.78. The fourth-order valence-electron chi connectivity index (χ4n) is 1.30. The summed E-state index contributed by atoms with van der Waals surface area (Å²) in [7, 11) is 0. The van der Waals surface area contributed by atoms with Gasteiger partial charge in [0.05, 0.1) is 13.1 Å². The second-order valence-corrected chi connectivity index (χ2v) is 2.97. The summed E-state index contributed by atoms with van der Waals surface area (Å²) in [6.07, 6.45) is -3.21. The lowest BCUT2D eigenvalue weighted by molar-refractivity contribution is -0.150. The van der Waals surface area contributed by atoms with Crippen LogP contribution in [0.4, 0.5) is 13.2 Å². The molecule has 0 aromatic heterocycles. The zero-order valence-corrected chi connectivity index (χ0v) is 6.52. The Bertz CT molecular complexity index is 178. The van der Waals surface area contributed by atoms with Gasteiger partial charge >= 0.3 is 6.18 Å². The molecule has 5 heteroatoms. The van der Waals surface area contributed by atoms with Gasteiger partial charge in [-0.15, -0.1) is 0 Å². The number of alkyl halides is 3. The summed E-state index contributed by atoms with van der Waals surface area (Å²) in [5.41, 5.74) is 0. The quantitative estimate of drug-likeness (QED) is 0.606. The van der Waals surface area contributed by atoms with Gasteiger partial charge in [0, 0.05) is 6.42 Å². The van der Waals surface area contributed by atoms with E-state index in [1.165, 1.54) is 0 Å². The summed E-state index contributed by atoms with van der Waals surface area (Å²) in [5, 5.41) is 0. The summed E-state index contributed by atoms with van der Waals surface area (Å²) in [6, 6.07) is 0. The highest BCUT2D eigenvalue weighted by Crippen LogP contribution is 2.18. The summed E-state index contributed by atoms with van der Waals surface area (Å²) >= 11 is 0. The molecular formula is C7H10F3NO. The molecule has 1 rings (SSSR count). The van der Waals surface area contributed by atoms with Crippen molar-refractivity contribution in [1.29, 1.82) is 0 Å². The maximum atomic E-state index is 11.8. The van der Waals surface area contributed by atoms with Crippen LogP contribution in [-0.4, -0.2) is 36.5 Å². The number of halogens is 3. The lowest BCUT2D eigenvalue weighted by atomic mass is 10.1. The second kappa shape index (κ2) is 3.43. The molecule has 0 unspecified atom stereocenters. The average molecular weight is 181 g/mol. The monoisotopic (exact) mass is 181 g/mol. The van der Waals surface area contributed by atoms with Crippen LogP contribution < -0.4 is 0 Å². The van der Waals surface area contributed by atoms with E-state index in [4.69, 9.17) is 0 Å². The van der Waals surface area contributed by atoms with Gasteiger partial charge in [-0.1, -0.05) is 0 Å². The minimum Gasteiger partial charge on any atom is -0.298 e. The van der Waals surface area contributed by atoms with Crippen molar-refractivity contribution in [2.75, 3.05) is 19.6 Å². The van der Waals surface area contributed by atoms with E-state index in [0.29, 0.717) is 19.4 Å². The van der Waals surface area contributed by atoms with E-state index in [0.717, 1.165) is 4.90 Å². The van der Waals surface area contributed by atoms with Crippen LogP contribution in [0.1, 0.15) is 12.8 Å². The van der Waals surface area contributed by atoms with Crippen molar-refractivity contribution in [1.82, 2.24) is 4.90 Å². The minimum atomic E-state index is -4.18. The van der Waals surface area contributed by atoms with E-state index in [1.807, 2.05) is 0 Å². The molecule has 0 N–H and O–H groups in total. The highest BCUT2D eigenvalue weighted by atomic mass is 19.4. The number of hydrogen-bond donors (Lipinski definition) is 0. The molecule has 0 aromatic rings. The predicted octanol–water partition coefficient (Wildman–Crippen LogP) is 1.21. The van der Waals surface area contributed by atoms with Crippen molar-refractivity contribution in [3.63, 3.8) is 0 Å². The molecule has 1 heterocycles. The summed E-state index contributed by atoms with van der Waals surface area (Å²) in [5.74, 6) is -0.0921. The zero-order valence-electron chi connectivity index (χ0n) is 6.52. The highest BCUT2D eigenvalue weighted by Gasteiger charge is 2.32. The summed E-state index contributed by atoms with van der Waals surface area (Å²) in [6.45, 7) is -0.622. The van der Waals surface area contributed by atoms with Crippen LogP contribution in [0.5, 0.6) is 0 Å². The number of ketones is 1. The molecule has 0 radical (unpaired) electrons. The van der Waals surface area contributed by atoms with E-state index < -0.39 is 12.7 Å². The standard InChI is InChI=1S/C7H10F3NO/c8-7(9,10)5-11-3-1-2-6(12)4-11/h1-5H2. The number of piperidine rings is 1. The molecule has 1 fully saturated rings. The Kier molecular flexibility index (Phi) is 2.72. The summed E-state index contributed by atoms with van der Waals surface area (Å²) in [4.78, 5) is 11.9. The molecule has 0 amide bonds. The second-order valence-electron chi connectivity index (χ2n) is 2.97. The first-order chi connectivity index (χ1) is 5.47. The normalized spacial score (nSPS) is 21.4. The van der Waals surface area contributed by atoms with Gasteiger partial charge in [-0.05, 0) is 13.0 Å². The predicted molar refractivity (Wildman–Crippen MR) is 36.7 cm³/mol. The van der Waals surface area contributed by atoms with E-state index in [1.54, 1.807) is 0 Å². The van der Waals surface area contributed by atoms with E-state index >= 15 is 0 Å². The maximum Gasteiger partial charge on any atom is 0.401 e. The third kappa shape index (κ3) is 3.21. The van der Waals surface area contributed by atoms with Crippen LogP contribution in [-0.2, 0) is 4.79 Å². The topological polar surface area (TPSA) is 20.3 Å². The van der Waals surface area contributed by atoms with Gasteiger partial charge in [-0.25, -0.2) is 0 Å². The van der Waals surface area contributed by atoms with Gasteiger partial charge in [0.2, 0.25) is 0 Å². The number of carbonyl (C=O) groups is 1. The number of hydrogen-bond acceptors (Lipinski definition) is 2. The number of carbonyl (C=O) groups excluding carboxylic acids is 1. The number of likely N-dealkylation sites (tertiary alicyclic amines) is 1. The molecule has 1 aliphatic heterocycles. The molecule has 1 saturated heterocycles. The third-order valence-electron chi connectivity index (χ3n) is 1.73. The molecule has 70 valence electrons. The largest absolute Gasteiger partial charge is 0.401 e. The molecule has 1 aliphatic rings. The average Bonchev–Trinajstić information content (AvgIpc) is 1.82. The first-order valence-corrected chi connectivity index (χ1v) is 3.78. The van der Waals surface area contributed by atoms with Crippen LogP contribution in [0, 0.1) is 0 Å². The zero-order chi connectivity index (χ0) is 9.19. The molecule has 0 saturated carbocycles. The van der Waals surface area contributed by atoms with Gasteiger partial charge in [-0.2, -0.15) is 13.2 Å². The Morgan fingerprint density at radius 3 is 2.58 bits per heavy atom. The van der Waals surface area contributed by atoms with E-state index in [-0.39, 0.29) is 12.3 Å². The minimum absolute atomic E-state index is 0.0422. The number of Topliss-reactive ketones (excluding diaryl/α,β-unsaturated/α-hetero) is 1. The van der Waals surface area contributed by atoms with E-state index in [2.05, 4.69) is 0 Å². The Hall–Kier alpha value is -0.580. The van der Waals surface area contributed by atoms with Gasteiger partial charge in [0.1, 0.15) is 5.78 Å². The number of nitrogens with zero attached hydrogens (tertiary/aromatic N) is 1. The molecule has 0 aliphatic carbocycles. The van der Waals surface area contributed by atoms with Crippen molar-refractivity contribution in [2.45, 2.75) is 19.0 Å². The van der Waals surface area contributed by atoms with Crippen LogP contribution in [0.15, 0.2) is 0 Å².